The average molecular weight is 354 g/mol. The minimum absolute atomic E-state index is 0.121. The Morgan fingerprint density at radius 2 is 1.28 bits per heavy atom. The molecule has 0 radical (unpaired) electrons. The molecule has 2 rings (SSSR count). The molecular formula is C17H26N2O6. The zero-order valence-corrected chi connectivity index (χ0v) is 15.6. The minimum Gasteiger partial charge on any atom is -0.477 e. The molecule has 0 aromatic carbocycles. The summed E-state index contributed by atoms with van der Waals surface area (Å²) in [7, 11) is 0. The predicted molar refractivity (Wildman–Crippen MR) is 90.6 cm³/mol. The van der Waals surface area contributed by atoms with Gasteiger partial charge >= 0.3 is 11.9 Å². The molecule has 25 heavy (non-hydrogen) atoms. The minimum atomic E-state index is -0.792. The van der Waals surface area contributed by atoms with Gasteiger partial charge in [0.2, 0.25) is 0 Å². The van der Waals surface area contributed by atoms with E-state index in [-0.39, 0.29) is 25.4 Å². The molecule has 8 nitrogen and oxygen atoms in total. The van der Waals surface area contributed by atoms with Crippen molar-refractivity contribution >= 4 is 23.7 Å². The van der Waals surface area contributed by atoms with Gasteiger partial charge < -0.3 is 18.9 Å². The van der Waals surface area contributed by atoms with E-state index in [9.17, 15) is 9.59 Å². The van der Waals surface area contributed by atoms with Gasteiger partial charge in [0.05, 0.1) is 12.2 Å². The monoisotopic (exact) mass is 354 g/mol. The fourth-order valence-corrected chi connectivity index (χ4v) is 2.39. The molecule has 0 amide bonds. The molecule has 2 heterocycles. The number of carbonyl (C=O) groups is 2. The van der Waals surface area contributed by atoms with Crippen LogP contribution in [0.3, 0.4) is 0 Å². The third-order valence-electron chi connectivity index (χ3n) is 3.62. The zero-order chi connectivity index (χ0) is 18.8. The Morgan fingerprint density at radius 1 is 0.920 bits per heavy atom. The summed E-state index contributed by atoms with van der Waals surface area (Å²) in [6.45, 7) is 11.0. The van der Waals surface area contributed by atoms with Crippen molar-refractivity contribution in [3.63, 3.8) is 0 Å². The second-order valence-corrected chi connectivity index (χ2v) is 7.12. The second-order valence-electron chi connectivity index (χ2n) is 7.12. The Balaban J connectivity index is 2.08. The van der Waals surface area contributed by atoms with Crippen molar-refractivity contribution in [2.45, 2.75) is 65.8 Å². The van der Waals surface area contributed by atoms with Gasteiger partial charge in [-0.15, -0.1) is 0 Å². The van der Waals surface area contributed by atoms with E-state index in [4.69, 9.17) is 18.9 Å². The van der Waals surface area contributed by atoms with Crippen LogP contribution in [0, 0.1) is 5.41 Å². The third-order valence-corrected chi connectivity index (χ3v) is 3.62. The first-order chi connectivity index (χ1) is 11.6. The maximum atomic E-state index is 12.0. The van der Waals surface area contributed by atoms with Crippen LogP contribution in [-0.2, 0) is 28.5 Å². The van der Waals surface area contributed by atoms with Crippen LogP contribution in [-0.4, -0.2) is 61.2 Å². The van der Waals surface area contributed by atoms with Gasteiger partial charge in [-0.05, 0) is 41.5 Å². The molecular weight excluding hydrogens is 328 g/mol. The summed E-state index contributed by atoms with van der Waals surface area (Å²) in [6.07, 6.45) is -0.426. The molecule has 8 heteroatoms. The number of ether oxygens (including phenoxy) is 4. The van der Waals surface area contributed by atoms with Crippen molar-refractivity contribution in [1.29, 1.82) is 0 Å². The summed E-state index contributed by atoms with van der Waals surface area (Å²) in [4.78, 5) is 32.6. The molecule has 0 bridgehead atoms. The van der Waals surface area contributed by atoms with Crippen molar-refractivity contribution in [3.8, 4) is 0 Å². The van der Waals surface area contributed by atoms with Gasteiger partial charge in [-0.25, -0.2) is 19.6 Å². The fourth-order valence-electron chi connectivity index (χ4n) is 2.39. The van der Waals surface area contributed by atoms with Gasteiger partial charge in [0.1, 0.15) is 18.6 Å². The number of aliphatic imine (C=N–C) groups is 2. The van der Waals surface area contributed by atoms with Gasteiger partial charge in [0, 0.05) is 0 Å². The normalized spacial score (nSPS) is 23.0. The number of nitrogens with zero attached hydrogens (tertiary/aromatic N) is 2. The average Bonchev–Trinajstić information content (AvgIpc) is 3.16. The van der Waals surface area contributed by atoms with Crippen LogP contribution >= 0.6 is 0 Å². The lowest BCUT2D eigenvalue weighted by Gasteiger charge is -2.22. The molecule has 2 aliphatic heterocycles. The van der Waals surface area contributed by atoms with E-state index in [2.05, 4.69) is 9.98 Å². The van der Waals surface area contributed by atoms with E-state index in [1.165, 1.54) is 0 Å². The highest BCUT2D eigenvalue weighted by molar-refractivity contribution is 6.07. The van der Waals surface area contributed by atoms with Crippen LogP contribution in [0.25, 0.3) is 0 Å². The molecule has 0 aliphatic carbocycles. The molecule has 0 fully saturated rings. The summed E-state index contributed by atoms with van der Waals surface area (Å²) in [5, 5.41) is 0. The summed E-state index contributed by atoms with van der Waals surface area (Å²) in [6, 6.07) is -1.39. The van der Waals surface area contributed by atoms with E-state index >= 15 is 0 Å². The lowest BCUT2D eigenvalue weighted by Crippen LogP contribution is -2.34. The smallest absolute Gasteiger partial charge is 0.334 e. The standard InChI is InChI=1S/C17H26N2O6/c1-9(2)24-13(20)11-7-22-15(18-11)17(5,6)16-19-12(8-23-16)14(21)25-10(3)4/h9-12H,7-8H2,1-6H3/t11-,12-/m0/s1. The first-order valence-corrected chi connectivity index (χ1v) is 8.44. The van der Waals surface area contributed by atoms with Crippen LogP contribution in [0.5, 0.6) is 0 Å². The summed E-state index contributed by atoms with van der Waals surface area (Å²) < 4.78 is 21.5. The van der Waals surface area contributed by atoms with Crippen molar-refractivity contribution in [2.75, 3.05) is 13.2 Å². The molecule has 0 saturated carbocycles. The second kappa shape index (κ2) is 7.41. The Morgan fingerprint density at radius 3 is 1.60 bits per heavy atom. The van der Waals surface area contributed by atoms with E-state index in [0.29, 0.717) is 11.8 Å². The summed E-state index contributed by atoms with van der Waals surface area (Å²) >= 11 is 0. The quantitative estimate of drug-likeness (QED) is 0.671. The summed E-state index contributed by atoms with van der Waals surface area (Å²) in [5.74, 6) is -0.161. The number of hydrogen-bond acceptors (Lipinski definition) is 8. The zero-order valence-electron chi connectivity index (χ0n) is 15.6. The van der Waals surface area contributed by atoms with E-state index in [0.717, 1.165) is 0 Å². The largest absolute Gasteiger partial charge is 0.477 e. The molecule has 0 aromatic rings. The first kappa shape index (κ1) is 19.2. The highest BCUT2D eigenvalue weighted by Gasteiger charge is 2.44. The van der Waals surface area contributed by atoms with Crippen molar-refractivity contribution in [2.24, 2.45) is 15.4 Å². The number of carbonyl (C=O) groups excluding carboxylic acids is 2. The van der Waals surface area contributed by atoms with Gasteiger partial charge in [-0.2, -0.15) is 0 Å². The Labute approximate surface area is 147 Å². The number of esters is 2. The molecule has 0 unspecified atom stereocenters. The maximum absolute atomic E-state index is 12.0. The van der Waals surface area contributed by atoms with E-state index in [1.54, 1.807) is 27.7 Å². The lowest BCUT2D eigenvalue weighted by molar-refractivity contribution is -0.150. The molecule has 0 aromatic heterocycles. The Kier molecular flexibility index (Phi) is 5.69. The van der Waals surface area contributed by atoms with Gasteiger partial charge in [0.25, 0.3) is 0 Å². The first-order valence-electron chi connectivity index (χ1n) is 8.44. The molecule has 0 spiro atoms. The van der Waals surface area contributed by atoms with Crippen molar-refractivity contribution in [3.05, 3.63) is 0 Å². The van der Waals surface area contributed by atoms with Crippen LogP contribution in [0.2, 0.25) is 0 Å². The van der Waals surface area contributed by atoms with Crippen molar-refractivity contribution < 1.29 is 28.5 Å². The van der Waals surface area contributed by atoms with E-state index < -0.39 is 29.4 Å². The van der Waals surface area contributed by atoms with Gasteiger partial charge in [-0.3, -0.25) is 0 Å². The van der Waals surface area contributed by atoms with Crippen LogP contribution in [0.1, 0.15) is 41.5 Å². The van der Waals surface area contributed by atoms with Crippen LogP contribution in [0.15, 0.2) is 9.98 Å². The Hall–Kier alpha value is -2.12. The molecule has 2 atom stereocenters. The highest BCUT2D eigenvalue weighted by Crippen LogP contribution is 2.29. The highest BCUT2D eigenvalue weighted by atomic mass is 16.6. The van der Waals surface area contributed by atoms with Crippen LogP contribution < -0.4 is 0 Å². The third kappa shape index (κ3) is 4.49. The predicted octanol–water partition coefficient (Wildman–Crippen LogP) is 1.51. The number of hydrogen-bond donors (Lipinski definition) is 0. The van der Waals surface area contributed by atoms with E-state index in [1.807, 2.05) is 13.8 Å². The lowest BCUT2D eigenvalue weighted by atomic mass is 9.93. The maximum Gasteiger partial charge on any atom is 0.334 e. The molecule has 0 N–H and O–H groups in total. The molecule has 140 valence electrons. The molecule has 2 aliphatic rings. The Bertz CT molecular complexity index is 544. The van der Waals surface area contributed by atoms with Crippen LogP contribution in [0.4, 0.5) is 0 Å². The summed E-state index contributed by atoms with van der Waals surface area (Å²) in [5.41, 5.74) is -0.792. The SMILES string of the molecule is CC(C)OC(=O)[C@@H]1COC(C(C)(C)C2=N[C@H](C(=O)OC(C)C)CO2)=N1. The van der Waals surface area contributed by atoms with Gasteiger partial charge in [-0.1, -0.05) is 0 Å². The van der Waals surface area contributed by atoms with Gasteiger partial charge in [0.15, 0.2) is 23.9 Å². The fraction of sp³-hybridized carbons (Fsp3) is 0.765. The topological polar surface area (TPSA) is 95.8 Å². The van der Waals surface area contributed by atoms with Crippen molar-refractivity contribution in [1.82, 2.24) is 0 Å². The number of rotatable bonds is 6. The molecule has 0 saturated heterocycles.